The third-order valence-corrected chi connectivity index (χ3v) is 7.30. The monoisotopic (exact) mass is 520 g/mol. The van der Waals surface area contributed by atoms with Gasteiger partial charge in [0.15, 0.2) is 0 Å². The molecule has 3 aromatic rings. The van der Waals surface area contributed by atoms with Gasteiger partial charge in [-0.05, 0) is 67.6 Å². The lowest BCUT2D eigenvalue weighted by Gasteiger charge is -2.35. The topological polar surface area (TPSA) is 105 Å². The minimum atomic E-state index is -0.647. The van der Waals surface area contributed by atoms with Crippen LogP contribution in [0.2, 0.25) is 0 Å². The van der Waals surface area contributed by atoms with Gasteiger partial charge in [-0.3, -0.25) is 23.9 Å². The van der Waals surface area contributed by atoms with Crippen molar-refractivity contribution in [2.24, 2.45) is 0 Å². The van der Waals surface area contributed by atoms with Crippen molar-refractivity contribution in [1.29, 1.82) is 0 Å². The Bertz CT molecular complexity index is 1490. The van der Waals surface area contributed by atoms with Gasteiger partial charge >= 0.3 is 5.69 Å². The van der Waals surface area contributed by atoms with Gasteiger partial charge < -0.3 is 14.5 Å². The Morgan fingerprint density at radius 2 is 1.58 bits per heavy atom. The maximum absolute atomic E-state index is 14.8. The Kier molecular flexibility index (Phi) is 7.13. The van der Waals surface area contributed by atoms with Crippen molar-refractivity contribution in [1.82, 2.24) is 19.4 Å². The smallest absolute Gasteiger partial charge is 0.328 e. The summed E-state index contributed by atoms with van der Waals surface area (Å²) in [4.78, 5) is 56.5. The number of fused-ring (bicyclic) bond motifs is 1. The highest BCUT2D eigenvalue weighted by atomic mass is 19.1. The second-order valence-electron chi connectivity index (χ2n) is 9.60. The van der Waals surface area contributed by atoms with E-state index in [1.807, 2.05) is 0 Å². The van der Waals surface area contributed by atoms with E-state index in [1.165, 1.54) is 21.6 Å². The molecule has 0 saturated carbocycles. The molecule has 10 heteroatoms. The molecule has 0 radical (unpaired) electrons. The van der Waals surface area contributed by atoms with Crippen LogP contribution >= 0.6 is 0 Å². The van der Waals surface area contributed by atoms with E-state index in [4.69, 9.17) is 4.74 Å². The quantitative estimate of drug-likeness (QED) is 0.556. The summed E-state index contributed by atoms with van der Waals surface area (Å²) >= 11 is 0. The number of halogens is 1. The molecule has 198 valence electrons. The molecule has 0 atom stereocenters. The number of nitrogens with one attached hydrogen (secondary N) is 1. The molecule has 0 spiro atoms. The molecule has 0 unspecified atom stereocenters. The number of piperazine rings is 1. The van der Waals surface area contributed by atoms with E-state index in [1.54, 1.807) is 42.3 Å². The molecule has 1 aromatic heterocycles. The van der Waals surface area contributed by atoms with Crippen molar-refractivity contribution in [3.8, 4) is 5.75 Å². The molecular formula is C28H29FN4O5. The van der Waals surface area contributed by atoms with Crippen LogP contribution in [0.1, 0.15) is 50.4 Å². The first-order chi connectivity index (χ1) is 18.4. The normalized spacial score (nSPS) is 15.2. The number of benzene rings is 2. The number of H-pyrrole nitrogens is 1. The average Bonchev–Trinajstić information content (AvgIpc) is 2.95. The SMILES string of the molecule is COc1ccc(C(=O)N2CCN(C(=O)c3cc(Cn4c5c(c(=O)[nH]c4=O)CCCC5)ccc3F)CC2)cc1. The first-order valence-electron chi connectivity index (χ1n) is 12.7. The zero-order chi connectivity index (χ0) is 26.8. The zero-order valence-electron chi connectivity index (χ0n) is 21.2. The Balaban J connectivity index is 1.30. The molecule has 1 aliphatic carbocycles. The highest BCUT2D eigenvalue weighted by Gasteiger charge is 2.27. The van der Waals surface area contributed by atoms with Gasteiger partial charge in [0.25, 0.3) is 17.4 Å². The van der Waals surface area contributed by atoms with Crippen LogP contribution in [-0.4, -0.2) is 64.5 Å². The van der Waals surface area contributed by atoms with Crippen molar-refractivity contribution in [2.75, 3.05) is 33.3 Å². The number of hydrogen-bond donors (Lipinski definition) is 1. The van der Waals surface area contributed by atoms with Crippen LogP contribution in [0, 0.1) is 5.82 Å². The molecule has 1 fully saturated rings. The third-order valence-electron chi connectivity index (χ3n) is 7.30. The predicted molar refractivity (Wildman–Crippen MR) is 138 cm³/mol. The Labute approximate surface area is 218 Å². The number of methoxy groups -OCH3 is 1. The van der Waals surface area contributed by atoms with Gasteiger partial charge in [0, 0.05) is 43.0 Å². The van der Waals surface area contributed by atoms with E-state index in [0.717, 1.165) is 12.8 Å². The van der Waals surface area contributed by atoms with Gasteiger partial charge in [0.05, 0.1) is 19.2 Å². The van der Waals surface area contributed by atoms with Crippen LogP contribution in [0.3, 0.4) is 0 Å². The molecule has 2 amide bonds. The van der Waals surface area contributed by atoms with Crippen LogP contribution in [0.25, 0.3) is 0 Å². The zero-order valence-corrected chi connectivity index (χ0v) is 21.2. The molecule has 9 nitrogen and oxygen atoms in total. The van der Waals surface area contributed by atoms with Gasteiger partial charge in [0.1, 0.15) is 11.6 Å². The number of carbonyl (C=O) groups excluding carboxylic acids is 2. The third kappa shape index (κ3) is 4.98. The standard InChI is InChI=1S/C28H29FN4O5/c1-38-20-9-7-19(8-10-20)26(35)31-12-14-32(15-13-31)27(36)22-16-18(6-11-23(22)29)17-33-24-5-3-2-4-21(24)25(34)30-28(33)37/h6-11,16H,2-5,12-15,17H2,1H3,(H,30,34,37). The Hall–Kier alpha value is -4.21. The highest BCUT2D eigenvalue weighted by molar-refractivity contribution is 5.96. The fourth-order valence-corrected chi connectivity index (χ4v) is 5.18. The second-order valence-corrected chi connectivity index (χ2v) is 9.60. The van der Waals surface area contributed by atoms with Crippen LogP contribution in [0.4, 0.5) is 4.39 Å². The van der Waals surface area contributed by atoms with E-state index in [-0.39, 0.29) is 36.7 Å². The van der Waals surface area contributed by atoms with Crippen LogP contribution < -0.4 is 16.0 Å². The lowest BCUT2D eigenvalue weighted by Crippen LogP contribution is -2.50. The molecule has 5 rings (SSSR count). The summed E-state index contributed by atoms with van der Waals surface area (Å²) in [5.74, 6) is -0.586. The van der Waals surface area contributed by atoms with Crippen LogP contribution in [0.15, 0.2) is 52.1 Å². The van der Waals surface area contributed by atoms with E-state index in [9.17, 15) is 23.6 Å². The highest BCUT2D eigenvalue weighted by Crippen LogP contribution is 2.20. The molecule has 1 saturated heterocycles. The number of aromatic nitrogens is 2. The van der Waals surface area contributed by atoms with Gasteiger partial charge in [-0.1, -0.05) is 6.07 Å². The maximum Gasteiger partial charge on any atom is 0.328 e. The predicted octanol–water partition coefficient (Wildman–Crippen LogP) is 2.21. The van der Waals surface area contributed by atoms with Crippen LogP contribution in [0.5, 0.6) is 5.75 Å². The largest absolute Gasteiger partial charge is 0.497 e. The minimum absolute atomic E-state index is 0.0798. The van der Waals surface area contributed by atoms with Gasteiger partial charge in [-0.15, -0.1) is 0 Å². The van der Waals surface area contributed by atoms with E-state index in [0.29, 0.717) is 54.1 Å². The number of ether oxygens (including phenoxy) is 1. The second kappa shape index (κ2) is 10.6. The summed E-state index contributed by atoms with van der Waals surface area (Å²) in [5, 5.41) is 0. The number of nitrogens with zero attached hydrogens (tertiary/aromatic N) is 3. The van der Waals surface area contributed by atoms with Crippen molar-refractivity contribution in [2.45, 2.75) is 32.2 Å². The molecule has 1 N–H and O–H groups in total. The number of carbonyl (C=O) groups is 2. The van der Waals surface area contributed by atoms with Crippen molar-refractivity contribution < 1.29 is 18.7 Å². The number of amides is 2. The van der Waals surface area contributed by atoms with E-state index >= 15 is 0 Å². The summed E-state index contributed by atoms with van der Waals surface area (Å²) in [6.07, 6.45) is 3.02. The van der Waals surface area contributed by atoms with Gasteiger partial charge in [-0.2, -0.15) is 0 Å². The fraction of sp³-hybridized carbons (Fsp3) is 0.357. The molecule has 0 bridgehead atoms. The lowest BCUT2D eigenvalue weighted by molar-refractivity contribution is 0.0532. The Morgan fingerprint density at radius 1 is 0.921 bits per heavy atom. The van der Waals surface area contributed by atoms with E-state index in [2.05, 4.69) is 4.98 Å². The summed E-state index contributed by atoms with van der Waals surface area (Å²) in [6, 6.07) is 11.1. The first kappa shape index (κ1) is 25.4. The number of aromatic amines is 1. The van der Waals surface area contributed by atoms with Gasteiger partial charge in [-0.25, -0.2) is 9.18 Å². The van der Waals surface area contributed by atoms with Crippen molar-refractivity contribution in [3.05, 3.63) is 97.1 Å². The van der Waals surface area contributed by atoms with Gasteiger partial charge in [0.2, 0.25) is 0 Å². The molecule has 38 heavy (non-hydrogen) atoms. The molecule has 2 heterocycles. The van der Waals surface area contributed by atoms with Crippen LogP contribution in [-0.2, 0) is 19.4 Å². The molecule has 2 aromatic carbocycles. The average molecular weight is 521 g/mol. The van der Waals surface area contributed by atoms with Crippen molar-refractivity contribution in [3.63, 3.8) is 0 Å². The van der Waals surface area contributed by atoms with E-state index < -0.39 is 17.4 Å². The maximum atomic E-state index is 14.8. The van der Waals surface area contributed by atoms with Crippen molar-refractivity contribution >= 4 is 11.8 Å². The summed E-state index contributed by atoms with van der Waals surface area (Å²) in [7, 11) is 1.56. The molecule has 2 aliphatic rings. The molecule has 1 aliphatic heterocycles. The summed E-state index contributed by atoms with van der Waals surface area (Å²) in [6.45, 7) is 1.34. The minimum Gasteiger partial charge on any atom is -0.497 e. The lowest BCUT2D eigenvalue weighted by atomic mass is 9.96. The fourth-order valence-electron chi connectivity index (χ4n) is 5.18. The number of rotatable bonds is 5. The number of hydrogen-bond acceptors (Lipinski definition) is 5. The molecular weight excluding hydrogens is 491 g/mol. The first-order valence-corrected chi connectivity index (χ1v) is 12.7. The summed E-state index contributed by atoms with van der Waals surface area (Å²) in [5.41, 5.74) is 1.51. The Morgan fingerprint density at radius 3 is 2.26 bits per heavy atom. The summed E-state index contributed by atoms with van der Waals surface area (Å²) < 4.78 is 21.4.